The largest absolute Gasteiger partial charge is 0.350 e. The molecule has 1 aliphatic heterocycles. The van der Waals surface area contributed by atoms with Crippen LogP contribution in [0.2, 0.25) is 0 Å². The van der Waals surface area contributed by atoms with Crippen LogP contribution in [0, 0.1) is 0 Å². The average molecular weight is 334 g/mol. The Morgan fingerprint density at radius 2 is 2.23 bits per heavy atom. The van der Waals surface area contributed by atoms with Crippen molar-refractivity contribution in [3.8, 4) is 0 Å². The minimum Gasteiger partial charge on any atom is -0.350 e. The third-order valence-corrected chi connectivity index (χ3v) is 6.07. The number of benzene rings is 1. The van der Waals surface area contributed by atoms with Crippen LogP contribution in [0.5, 0.6) is 0 Å². The van der Waals surface area contributed by atoms with Gasteiger partial charge in [0, 0.05) is 17.0 Å². The van der Waals surface area contributed by atoms with Gasteiger partial charge in [0.25, 0.3) is 0 Å². The first kappa shape index (κ1) is 15.4. The molecule has 0 spiro atoms. The molecule has 6 heteroatoms. The van der Waals surface area contributed by atoms with Gasteiger partial charge in [0.1, 0.15) is 6.04 Å². The molecule has 1 atom stereocenters. The summed E-state index contributed by atoms with van der Waals surface area (Å²) in [5.74, 6) is 0.402. The van der Waals surface area contributed by atoms with Gasteiger partial charge in [-0.25, -0.2) is 0 Å². The van der Waals surface area contributed by atoms with Gasteiger partial charge in [-0.2, -0.15) is 0 Å². The van der Waals surface area contributed by atoms with E-state index in [1.165, 1.54) is 21.8 Å². The molecule has 1 aromatic heterocycles. The zero-order chi connectivity index (χ0) is 15.7. The van der Waals surface area contributed by atoms with E-state index in [1.807, 2.05) is 19.9 Å². The van der Waals surface area contributed by atoms with E-state index < -0.39 is 10.8 Å². The summed E-state index contributed by atoms with van der Waals surface area (Å²) >= 11 is 3.22. The van der Waals surface area contributed by atoms with Gasteiger partial charge < -0.3 is 10.6 Å². The van der Waals surface area contributed by atoms with Crippen molar-refractivity contribution in [2.45, 2.75) is 31.2 Å². The highest BCUT2D eigenvalue weighted by atomic mass is 32.2. The number of fused-ring (bicyclic) bond motifs is 1. The number of thioether (sulfide) groups is 1. The van der Waals surface area contributed by atoms with Crippen LogP contribution in [0.1, 0.15) is 19.4 Å². The topological polar surface area (TPSA) is 58.2 Å². The molecule has 0 aliphatic carbocycles. The van der Waals surface area contributed by atoms with Crippen LogP contribution in [0.4, 0.5) is 0 Å². The molecule has 2 heterocycles. The highest BCUT2D eigenvalue weighted by Gasteiger charge is 2.37. The average Bonchev–Trinajstić information content (AvgIpc) is 2.95. The number of carbonyl (C=O) groups is 2. The summed E-state index contributed by atoms with van der Waals surface area (Å²) in [5.41, 5.74) is 1.06. The smallest absolute Gasteiger partial charge is 0.243 e. The Morgan fingerprint density at radius 3 is 3.00 bits per heavy atom. The zero-order valence-corrected chi connectivity index (χ0v) is 14.1. The Hall–Kier alpha value is -1.53. The van der Waals surface area contributed by atoms with Gasteiger partial charge >= 0.3 is 0 Å². The maximum atomic E-state index is 12.2. The highest BCUT2D eigenvalue weighted by molar-refractivity contribution is 8.01. The van der Waals surface area contributed by atoms with Crippen molar-refractivity contribution in [1.82, 2.24) is 10.6 Å². The molecular weight excluding hydrogens is 316 g/mol. The van der Waals surface area contributed by atoms with Crippen molar-refractivity contribution in [3.63, 3.8) is 0 Å². The predicted octanol–water partition coefficient (Wildman–Crippen LogP) is 2.53. The third-order valence-electron chi connectivity index (χ3n) is 3.76. The minimum atomic E-state index is -0.458. The molecule has 0 radical (unpaired) electrons. The first-order chi connectivity index (χ1) is 10.5. The van der Waals surface area contributed by atoms with Crippen LogP contribution in [-0.2, 0) is 16.1 Å². The lowest BCUT2D eigenvalue weighted by Gasteiger charge is -2.32. The molecule has 4 nitrogen and oxygen atoms in total. The molecule has 0 saturated carbocycles. The van der Waals surface area contributed by atoms with Crippen molar-refractivity contribution in [3.05, 3.63) is 35.2 Å². The Kier molecular flexibility index (Phi) is 4.14. The fraction of sp³-hybridized carbons (Fsp3) is 0.375. The molecule has 22 heavy (non-hydrogen) atoms. The van der Waals surface area contributed by atoms with Gasteiger partial charge in [-0.1, -0.05) is 6.07 Å². The summed E-state index contributed by atoms with van der Waals surface area (Å²) in [6.07, 6.45) is 0. The molecule has 1 unspecified atom stereocenters. The Morgan fingerprint density at radius 1 is 1.41 bits per heavy atom. The van der Waals surface area contributed by atoms with E-state index in [0.717, 1.165) is 5.56 Å². The molecular formula is C16H18N2O2S2. The Balaban J connectivity index is 1.59. The van der Waals surface area contributed by atoms with Crippen molar-refractivity contribution >= 4 is 45.0 Å². The lowest BCUT2D eigenvalue weighted by Crippen LogP contribution is -2.57. The van der Waals surface area contributed by atoms with E-state index in [1.54, 1.807) is 11.3 Å². The molecule has 3 rings (SSSR count). The van der Waals surface area contributed by atoms with Crippen molar-refractivity contribution in [2.75, 3.05) is 5.75 Å². The van der Waals surface area contributed by atoms with Crippen LogP contribution >= 0.6 is 23.1 Å². The van der Waals surface area contributed by atoms with Crippen molar-refractivity contribution < 1.29 is 9.59 Å². The van der Waals surface area contributed by atoms with Gasteiger partial charge in [-0.3, -0.25) is 9.59 Å². The lowest BCUT2D eigenvalue weighted by atomic mass is 10.1. The van der Waals surface area contributed by atoms with Gasteiger partial charge in [0.15, 0.2) is 0 Å². The van der Waals surface area contributed by atoms with Gasteiger partial charge in [0.05, 0.1) is 4.75 Å². The first-order valence-electron chi connectivity index (χ1n) is 7.14. The summed E-state index contributed by atoms with van der Waals surface area (Å²) < 4.78 is 0.786. The van der Waals surface area contributed by atoms with Gasteiger partial charge in [-0.05, 0) is 48.4 Å². The Labute approximate surface area is 137 Å². The second-order valence-corrected chi connectivity index (χ2v) is 8.45. The summed E-state index contributed by atoms with van der Waals surface area (Å²) in [6.45, 7) is 4.22. The van der Waals surface area contributed by atoms with E-state index >= 15 is 0 Å². The van der Waals surface area contributed by atoms with Crippen LogP contribution in [0.3, 0.4) is 0 Å². The summed E-state index contributed by atoms with van der Waals surface area (Å²) in [5, 5.41) is 8.96. The second kappa shape index (κ2) is 5.93. The van der Waals surface area contributed by atoms with E-state index in [4.69, 9.17) is 0 Å². The monoisotopic (exact) mass is 334 g/mol. The van der Waals surface area contributed by atoms with Crippen LogP contribution < -0.4 is 10.6 Å². The van der Waals surface area contributed by atoms with Gasteiger partial charge in [-0.15, -0.1) is 23.1 Å². The molecule has 2 N–H and O–H groups in total. The van der Waals surface area contributed by atoms with E-state index in [9.17, 15) is 9.59 Å². The number of hydrogen-bond donors (Lipinski definition) is 2. The minimum absolute atomic E-state index is 0.0800. The molecule has 1 fully saturated rings. The van der Waals surface area contributed by atoms with Gasteiger partial charge in [0.2, 0.25) is 11.8 Å². The second-order valence-electron chi connectivity index (χ2n) is 5.86. The molecule has 1 aliphatic rings. The van der Waals surface area contributed by atoms with E-state index in [2.05, 4.69) is 34.2 Å². The maximum Gasteiger partial charge on any atom is 0.243 e. The fourth-order valence-electron chi connectivity index (χ4n) is 2.31. The standard InChI is InChI=1S/C16H18N2O2S2/c1-16(2)15(20)18-12(9-22-16)14(19)17-8-10-3-4-13-11(7-10)5-6-21-13/h3-7,12H,8-9H2,1-2H3,(H,17,19)(H,18,20). The predicted molar refractivity (Wildman–Crippen MR) is 92.1 cm³/mol. The fourth-order valence-corrected chi connectivity index (χ4v) is 4.09. The Bertz CT molecular complexity index is 724. The molecule has 116 valence electrons. The summed E-state index contributed by atoms with van der Waals surface area (Å²) in [6, 6.07) is 7.81. The third kappa shape index (κ3) is 3.13. The number of nitrogens with one attached hydrogen (secondary N) is 2. The lowest BCUT2D eigenvalue weighted by molar-refractivity contribution is -0.129. The zero-order valence-electron chi connectivity index (χ0n) is 12.5. The summed E-state index contributed by atoms with van der Waals surface area (Å²) in [7, 11) is 0. The van der Waals surface area contributed by atoms with Crippen molar-refractivity contribution in [1.29, 1.82) is 0 Å². The molecule has 1 aromatic carbocycles. The SMILES string of the molecule is CC1(C)SCC(C(=O)NCc2ccc3sccc3c2)NC1=O. The molecule has 2 aromatic rings. The number of amides is 2. The quantitative estimate of drug-likeness (QED) is 0.907. The molecule has 0 bridgehead atoms. The van der Waals surface area contributed by atoms with Crippen LogP contribution in [0.15, 0.2) is 29.6 Å². The number of hydrogen-bond acceptors (Lipinski definition) is 4. The summed E-state index contributed by atoms with van der Waals surface area (Å²) in [4.78, 5) is 24.1. The maximum absolute atomic E-state index is 12.2. The number of thiophene rings is 1. The number of carbonyl (C=O) groups excluding carboxylic acids is 2. The van der Waals surface area contributed by atoms with Crippen LogP contribution in [-0.4, -0.2) is 28.4 Å². The molecule has 2 amide bonds. The van der Waals surface area contributed by atoms with Crippen LogP contribution in [0.25, 0.3) is 10.1 Å². The number of rotatable bonds is 3. The van der Waals surface area contributed by atoms with Crippen molar-refractivity contribution in [2.24, 2.45) is 0 Å². The van der Waals surface area contributed by atoms with E-state index in [-0.39, 0.29) is 11.8 Å². The normalized spacial score (nSPS) is 20.6. The first-order valence-corrected chi connectivity index (χ1v) is 9.01. The van der Waals surface area contributed by atoms with E-state index in [0.29, 0.717) is 12.3 Å². The highest BCUT2D eigenvalue weighted by Crippen LogP contribution is 2.29. The molecule has 1 saturated heterocycles.